The molecule has 0 radical (unpaired) electrons. The van der Waals surface area contributed by atoms with Gasteiger partial charge in [-0.2, -0.15) is 5.48 Å². The van der Waals surface area contributed by atoms with Gasteiger partial charge in [-0.05, 0) is 34.9 Å². The SMILES string of the molecule is CC(=O)ONC(=O)c1ncc(-c2cccc(F)c2)cc1O.c1ccc(CNCCNCc2ccccc2)cc1. The Morgan fingerprint density at radius 1 is 0.821 bits per heavy atom. The smallest absolute Gasteiger partial charge is 0.329 e. The third-order valence-corrected chi connectivity index (χ3v) is 5.35. The summed E-state index contributed by atoms with van der Waals surface area (Å²) in [4.78, 5) is 30.3. The van der Waals surface area contributed by atoms with E-state index in [-0.39, 0.29) is 5.69 Å². The molecule has 202 valence electrons. The van der Waals surface area contributed by atoms with Crippen LogP contribution in [0.25, 0.3) is 11.1 Å². The Labute approximate surface area is 226 Å². The number of nitrogens with one attached hydrogen (secondary N) is 3. The molecule has 3 aromatic carbocycles. The maximum Gasteiger partial charge on any atom is 0.329 e. The van der Waals surface area contributed by atoms with E-state index in [4.69, 9.17) is 0 Å². The molecule has 8 nitrogen and oxygen atoms in total. The minimum absolute atomic E-state index is 0.309. The fourth-order valence-corrected chi connectivity index (χ4v) is 3.45. The molecule has 4 aromatic rings. The van der Waals surface area contributed by atoms with Gasteiger partial charge in [0.15, 0.2) is 5.69 Å². The number of pyridine rings is 1. The lowest BCUT2D eigenvalue weighted by Gasteiger charge is -2.07. The van der Waals surface area contributed by atoms with Crippen LogP contribution < -0.4 is 16.1 Å². The van der Waals surface area contributed by atoms with Gasteiger partial charge < -0.3 is 20.6 Å². The molecule has 0 saturated heterocycles. The molecule has 0 aliphatic heterocycles. The van der Waals surface area contributed by atoms with Crippen LogP contribution >= 0.6 is 0 Å². The quantitative estimate of drug-likeness (QED) is 0.188. The van der Waals surface area contributed by atoms with E-state index in [1.165, 1.54) is 41.6 Å². The number of amides is 1. The lowest BCUT2D eigenvalue weighted by molar-refractivity contribution is -0.146. The van der Waals surface area contributed by atoms with Crippen molar-refractivity contribution in [1.82, 2.24) is 21.1 Å². The third kappa shape index (κ3) is 10.4. The molecular weight excluding hydrogens is 499 g/mol. The molecule has 4 N–H and O–H groups in total. The molecule has 1 heterocycles. The van der Waals surface area contributed by atoms with Gasteiger partial charge >= 0.3 is 11.9 Å². The first-order chi connectivity index (χ1) is 18.9. The van der Waals surface area contributed by atoms with E-state index in [1.807, 2.05) is 17.6 Å². The first kappa shape index (κ1) is 29.0. The number of hydroxylamine groups is 1. The van der Waals surface area contributed by atoms with Crippen molar-refractivity contribution in [2.24, 2.45) is 0 Å². The highest BCUT2D eigenvalue weighted by Crippen LogP contribution is 2.25. The van der Waals surface area contributed by atoms with Crippen LogP contribution in [0.2, 0.25) is 0 Å². The van der Waals surface area contributed by atoms with Crippen LogP contribution in [0, 0.1) is 5.82 Å². The van der Waals surface area contributed by atoms with Gasteiger partial charge in [0.1, 0.15) is 11.6 Å². The number of carbonyl (C=O) groups excluding carboxylic acids is 2. The number of aromatic hydroxyl groups is 1. The summed E-state index contributed by atoms with van der Waals surface area (Å²) in [5.74, 6) is -2.42. The summed E-state index contributed by atoms with van der Waals surface area (Å²) in [7, 11) is 0. The van der Waals surface area contributed by atoms with Crippen molar-refractivity contribution in [3.63, 3.8) is 0 Å². The highest BCUT2D eigenvalue weighted by Gasteiger charge is 2.15. The Hall–Kier alpha value is -4.60. The molecule has 0 aliphatic rings. The second-order valence-corrected chi connectivity index (χ2v) is 8.45. The van der Waals surface area contributed by atoms with E-state index >= 15 is 0 Å². The van der Waals surface area contributed by atoms with Gasteiger partial charge in [-0.15, -0.1) is 0 Å². The molecule has 39 heavy (non-hydrogen) atoms. The van der Waals surface area contributed by atoms with E-state index < -0.39 is 23.4 Å². The van der Waals surface area contributed by atoms with Crippen LogP contribution in [-0.2, 0) is 22.7 Å². The highest BCUT2D eigenvalue weighted by molar-refractivity contribution is 5.95. The monoisotopic (exact) mass is 530 g/mol. The lowest BCUT2D eigenvalue weighted by Crippen LogP contribution is -2.26. The molecular formula is C30H31FN4O4. The van der Waals surface area contributed by atoms with Crippen molar-refractivity contribution in [2.75, 3.05) is 13.1 Å². The van der Waals surface area contributed by atoms with E-state index in [1.54, 1.807) is 6.07 Å². The molecule has 1 aromatic heterocycles. The van der Waals surface area contributed by atoms with Gasteiger partial charge in [-0.25, -0.2) is 9.37 Å². The second-order valence-electron chi connectivity index (χ2n) is 8.45. The summed E-state index contributed by atoms with van der Waals surface area (Å²) in [5, 5.41) is 16.7. The second kappa shape index (κ2) is 15.6. The van der Waals surface area contributed by atoms with Crippen molar-refractivity contribution >= 4 is 11.9 Å². The zero-order chi connectivity index (χ0) is 27.9. The van der Waals surface area contributed by atoms with Crippen molar-refractivity contribution in [3.05, 3.63) is 120 Å². The summed E-state index contributed by atoms with van der Waals surface area (Å²) in [5.41, 5.74) is 5.14. The fourth-order valence-electron chi connectivity index (χ4n) is 3.45. The van der Waals surface area contributed by atoms with E-state index in [9.17, 15) is 19.1 Å². The summed E-state index contributed by atoms with van der Waals surface area (Å²) >= 11 is 0. The van der Waals surface area contributed by atoms with Crippen LogP contribution in [0.5, 0.6) is 5.75 Å². The van der Waals surface area contributed by atoms with Gasteiger partial charge in [0, 0.05) is 44.9 Å². The highest BCUT2D eigenvalue weighted by atomic mass is 19.1. The normalized spacial score (nSPS) is 10.2. The number of rotatable bonds is 9. The summed E-state index contributed by atoms with van der Waals surface area (Å²) in [6.07, 6.45) is 1.30. The van der Waals surface area contributed by atoms with Crippen molar-refractivity contribution in [1.29, 1.82) is 0 Å². The van der Waals surface area contributed by atoms with Crippen LogP contribution in [0.15, 0.2) is 97.2 Å². The number of halogens is 1. The van der Waals surface area contributed by atoms with Crippen molar-refractivity contribution in [3.8, 4) is 16.9 Å². The molecule has 0 aliphatic carbocycles. The predicted molar refractivity (Wildman–Crippen MR) is 147 cm³/mol. The zero-order valence-electron chi connectivity index (χ0n) is 21.6. The van der Waals surface area contributed by atoms with E-state index in [0.717, 1.165) is 33.1 Å². The van der Waals surface area contributed by atoms with Crippen LogP contribution in [-0.4, -0.2) is 35.1 Å². The maximum atomic E-state index is 13.1. The van der Waals surface area contributed by atoms with E-state index in [0.29, 0.717) is 11.1 Å². The molecule has 0 fully saturated rings. The average Bonchev–Trinajstić information content (AvgIpc) is 2.95. The Kier molecular flexibility index (Phi) is 11.6. The van der Waals surface area contributed by atoms with Crippen molar-refractivity contribution < 1.29 is 23.9 Å². The summed E-state index contributed by atoms with van der Waals surface area (Å²) in [6, 6.07) is 27.9. The van der Waals surface area contributed by atoms with Crippen LogP contribution in [0.1, 0.15) is 28.5 Å². The third-order valence-electron chi connectivity index (χ3n) is 5.35. The minimum atomic E-state index is -0.867. The molecule has 4 rings (SSSR count). The van der Waals surface area contributed by atoms with Gasteiger partial charge in [-0.3, -0.25) is 9.59 Å². The predicted octanol–water partition coefficient (Wildman–Crippen LogP) is 4.37. The lowest BCUT2D eigenvalue weighted by atomic mass is 10.1. The molecule has 0 atom stereocenters. The standard InChI is InChI=1S/C16H20N2.C14H11FN2O4/c1-3-7-15(8-4-1)13-17-11-12-18-14-16-9-5-2-6-10-16;1-8(18)21-17-14(20)13-12(19)6-10(7-16-13)9-3-2-4-11(15)5-9/h1-10,17-18H,11-14H2;2-7,19H,1H3,(H,17,20). The van der Waals surface area contributed by atoms with Crippen molar-refractivity contribution in [2.45, 2.75) is 20.0 Å². The number of hydrogen-bond donors (Lipinski definition) is 4. The number of hydrogen-bond acceptors (Lipinski definition) is 7. The first-order valence-electron chi connectivity index (χ1n) is 12.3. The Morgan fingerprint density at radius 3 is 1.92 bits per heavy atom. The maximum absolute atomic E-state index is 13.1. The van der Waals surface area contributed by atoms with E-state index in [2.05, 4.69) is 69.0 Å². The average molecular weight is 531 g/mol. The Bertz CT molecular complexity index is 1290. The molecule has 0 spiro atoms. The Morgan fingerprint density at radius 2 is 1.41 bits per heavy atom. The number of aromatic nitrogens is 1. The molecule has 9 heteroatoms. The largest absolute Gasteiger partial charge is 0.505 e. The molecule has 0 saturated carbocycles. The topological polar surface area (TPSA) is 113 Å². The van der Waals surface area contributed by atoms with Gasteiger partial charge in [0.05, 0.1) is 0 Å². The van der Waals surface area contributed by atoms with Gasteiger partial charge in [0.2, 0.25) is 0 Å². The first-order valence-corrected chi connectivity index (χ1v) is 12.3. The number of carbonyl (C=O) groups is 2. The number of benzene rings is 3. The van der Waals surface area contributed by atoms with Crippen LogP contribution in [0.4, 0.5) is 4.39 Å². The zero-order valence-corrected chi connectivity index (χ0v) is 21.6. The van der Waals surface area contributed by atoms with Crippen LogP contribution in [0.3, 0.4) is 0 Å². The molecule has 1 amide bonds. The minimum Gasteiger partial charge on any atom is -0.505 e. The molecule has 0 unspecified atom stereocenters. The summed E-state index contributed by atoms with van der Waals surface area (Å²) in [6.45, 7) is 4.96. The van der Waals surface area contributed by atoms with Gasteiger partial charge in [0.25, 0.3) is 0 Å². The fraction of sp³-hybridized carbons (Fsp3) is 0.167. The number of nitrogens with zero attached hydrogens (tertiary/aromatic N) is 1. The Balaban J connectivity index is 0.000000218. The summed E-state index contributed by atoms with van der Waals surface area (Å²) < 4.78 is 13.1. The molecule has 0 bridgehead atoms. The van der Waals surface area contributed by atoms with Gasteiger partial charge in [-0.1, -0.05) is 72.8 Å².